The van der Waals surface area contributed by atoms with Crippen LogP contribution < -0.4 is 0 Å². The average Bonchev–Trinajstić information content (AvgIpc) is 2.86. The molecule has 0 aromatic carbocycles. The van der Waals surface area contributed by atoms with E-state index < -0.39 is 29.5 Å². The van der Waals surface area contributed by atoms with E-state index in [4.69, 9.17) is 0 Å². The van der Waals surface area contributed by atoms with Crippen LogP contribution in [0.2, 0.25) is 0 Å². The van der Waals surface area contributed by atoms with Gasteiger partial charge in [0.2, 0.25) is 0 Å². The summed E-state index contributed by atoms with van der Waals surface area (Å²) >= 11 is 0. The molecule has 5 heteroatoms. The fourth-order valence-corrected chi connectivity index (χ4v) is 7.95. The first-order valence-corrected chi connectivity index (χ1v) is 10.4. The summed E-state index contributed by atoms with van der Waals surface area (Å²) in [5, 5.41) is 41.9. The van der Waals surface area contributed by atoms with Crippen molar-refractivity contribution in [3.8, 4) is 0 Å². The van der Waals surface area contributed by atoms with Crippen LogP contribution in [-0.4, -0.2) is 50.6 Å². The lowest BCUT2D eigenvalue weighted by Crippen LogP contribution is -2.63. The van der Waals surface area contributed by atoms with E-state index in [1.54, 1.807) is 0 Å². The van der Waals surface area contributed by atoms with E-state index in [2.05, 4.69) is 6.92 Å². The summed E-state index contributed by atoms with van der Waals surface area (Å²) in [6.45, 7) is 3.61. The minimum Gasteiger partial charge on any atom is -0.393 e. The average molecular weight is 366 g/mol. The summed E-state index contributed by atoms with van der Waals surface area (Å²) in [6.07, 6.45) is 5.48. The molecule has 0 heterocycles. The van der Waals surface area contributed by atoms with E-state index in [0.717, 1.165) is 38.5 Å². The maximum absolute atomic E-state index is 12.4. The standard InChI is InChI=1S/C21H34O5/c1-19-7-5-13(23)9-12(19)3-4-14-15-6-8-21(26,17(25)11-22)20(15,2)10-16(24)18(14)19/h12-16,18,22-24,26H,3-11H2,1-2H3/t12?,13-,14+,15+,16-,18-,19+,20+,21+/m1/s1. The molecule has 0 spiro atoms. The van der Waals surface area contributed by atoms with Crippen molar-refractivity contribution in [3.63, 3.8) is 0 Å². The van der Waals surface area contributed by atoms with Crippen molar-refractivity contribution in [2.75, 3.05) is 6.61 Å². The molecule has 0 radical (unpaired) electrons. The molecule has 0 aromatic rings. The molecule has 148 valence electrons. The first-order chi connectivity index (χ1) is 12.2. The molecule has 0 bridgehead atoms. The Balaban J connectivity index is 1.69. The molecule has 4 aliphatic carbocycles. The van der Waals surface area contributed by atoms with E-state index in [9.17, 15) is 25.2 Å². The quantitative estimate of drug-likeness (QED) is 0.596. The number of Topliss-reactive ketones (excluding diaryl/α,β-unsaturated/α-hetero) is 1. The lowest BCUT2D eigenvalue weighted by Gasteiger charge is -2.62. The maximum atomic E-state index is 12.4. The van der Waals surface area contributed by atoms with Crippen LogP contribution in [0.15, 0.2) is 0 Å². The number of aliphatic hydroxyl groups excluding tert-OH is 3. The Labute approximate surface area is 155 Å². The summed E-state index contributed by atoms with van der Waals surface area (Å²) in [6, 6.07) is 0. The van der Waals surface area contributed by atoms with E-state index in [0.29, 0.717) is 24.7 Å². The van der Waals surface area contributed by atoms with Crippen molar-refractivity contribution in [1.82, 2.24) is 0 Å². The monoisotopic (exact) mass is 366 g/mol. The summed E-state index contributed by atoms with van der Waals surface area (Å²) < 4.78 is 0. The number of rotatable bonds is 2. The van der Waals surface area contributed by atoms with Gasteiger partial charge in [0.1, 0.15) is 12.2 Å². The van der Waals surface area contributed by atoms with Gasteiger partial charge >= 0.3 is 0 Å². The lowest BCUT2D eigenvalue weighted by molar-refractivity contribution is -0.202. The number of fused-ring (bicyclic) bond motifs is 5. The van der Waals surface area contributed by atoms with Crippen LogP contribution in [0.5, 0.6) is 0 Å². The van der Waals surface area contributed by atoms with E-state index in [1.807, 2.05) is 6.92 Å². The molecule has 1 unspecified atom stereocenters. The second-order valence-electron chi connectivity index (χ2n) is 10.2. The topological polar surface area (TPSA) is 98.0 Å². The van der Waals surface area contributed by atoms with Crippen LogP contribution in [0.4, 0.5) is 0 Å². The highest BCUT2D eigenvalue weighted by molar-refractivity contribution is 5.89. The zero-order chi connectivity index (χ0) is 18.9. The molecule has 0 amide bonds. The van der Waals surface area contributed by atoms with E-state index in [-0.39, 0.29) is 23.4 Å². The van der Waals surface area contributed by atoms with Gasteiger partial charge in [0, 0.05) is 5.41 Å². The Bertz CT molecular complexity index is 593. The summed E-state index contributed by atoms with van der Waals surface area (Å²) in [7, 11) is 0. The summed E-state index contributed by atoms with van der Waals surface area (Å²) in [5.74, 6) is 0.653. The first kappa shape index (κ1) is 18.9. The highest BCUT2D eigenvalue weighted by atomic mass is 16.3. The van der Waals surface area contributed by atoms with Gasteiger partial charge < -0.3 is 20.4 Å². The highest BCUT2D eigenvalue weighted by Crippen LogP contribution is 2.68. The van der Waals surface area contributed by atoms with Crippen LogP contribution in [0.1, 0.15) is 65.2 Å². The minimum absolute atomic E-state index is 0.0323. The second-order valence-corrected chi connectivity index (χ2v) is 10.2. The van der Waals surface area contributed by atoms with Gasteiger partial charge in [0.05, 0.1) is 12.2 Å². The molecule has 0 aromatic heterocycles. The van der Waals surface area contributed by atoms with Gasteiger partial charge in [0.25, 0.3) is 0 Å². The zero-order valence-electron chi connectivity index (χ0n) is 16.0. The molecule has 4 saturated carbocycles. The van der Waals surface area contributed by atoms with Crippen LogP contribution in [0, 0.1) is 34.5 Å². The predicted molar refractivity (Wildman–Crippen MR) is 96.2 cm³/mol. The third kappa shape index (κ3) is 2.27. The molecule has 26 heavy (non-hydrogen) atoms. The van der Waals surface area contributed by atoms with Gasteiger partial charge in [-0.3, -0.25) is 4.79 Å². The molecule has 4 rings (SSSR count). The number of hydrogen-bond donors (Lipinski definition) is 4. The maximum Gasteiger partial charge on any atom is 0.190 e. The Morgan fingerprint density at radius 3 is 2.50 bits per heavy atom. The fraction of sp³-hybridized carbons (Fsp3) is 0.952. The van der Waals surface area contributed by atoms with E-state index in [1.165, 1.54) is 0 Å². The van der Waals surface area contributed by atoms with Gasteiger partial charge in [-0.05, 0) is 80.5 Å². The van der Waals surface area contributed by atoms with Crippen LogP contribution in [0.25, 0.3) is 0 Å². The van der Waals surface area contributed by atoms with Crippen molar-refractivity contribution in [1.29, 1.82) is 0 Å². The number of ketones is 1. The third-order valence-corrected chi connectivity index (χ3v) is 9.33. The smallest absolute Gasteiger partial charge is 0.190 e. The zero-order valence-corrected chi connectivity index (χ0v) is 16.0. The van der Waals surface area contributed by atoms with Crippen molar-refractivity contribution < 1.29 is 25.2 Å². The van der Waals surface area contributed by atoms with Gasteiger partial charge in [-0.2, -0.15) is 0 Å². The molecule has 5 nitrogen and oxygen atoms in total. The largest absolute Gasteiger partial charge is 0.393 e. The fourth-order valence-electron chi connectivity index (χ4n) is 7.95. The third-order valence-electron chi connectivity index (χ3n) is 9.33. The molecule has 9 atom stereocenters. The molecule has 0 aliphatic heterocycles. The van der Waals surface area contributed by atoms with Crippen molar-refractivity contribution in [2.24, 2.45) is 34.5 Å². The number of carbonyl (C=O) groups is 1. The Morgan fingerprint density at radius 2 is 1.81 bits per heavy atom. The molecular weight excluding hydrogens is 332 g/mol. The molecule has 4 N–H and O–H groups in total. The summed E-state index contributed by atoms with van der Waals surface area (Å²) in [5.41, 5.74) is -2.14. The van der Waals surface area contributed by atoms with Crippen LogP contribution in [-0.2, 0) is 4.79 Å². The summed E-state index contributed by atoms with van der Waals surface area (Å²) in [4.78, 5) is 12.4. The van der Waals surface area contributed by atoms with Crippen LogP contribution in [0.3, 0.4) is 0 Å². The van der Waals surface area contributed by atoms with Crippen molar-refractivity contribution >= 4 is 5.78 Å². The number of hydrogen-bond acceptors (Lipinski definition) is 5. The Kier molecular flexibility index (Phi) is 4.35. The van der Waals surface area contributed by atoms with Crippen LogP contribution >= 0.6 is 0 Å². The Morgan fingerprint density at radius 1 is 1.08 bits per heavy atom. The SMILES string of the molecule is C[C@]12CC[C@@H](O)CC1CC[C@@H]1[C@@H]2[C@H](O)C[C@@]2(C)[C@H]1CC[C@]2(O)C(=O)CO. The van der Waals surface area contributed by atoms with Gasteiger partial charge in [-0.15, -0.1) is 0 Å². The molecule has 4 aliphatic rings. The van der Waals surface area contributed by atoms with Gasteiger partial charge in [0.15, 0.2) is 5.78 Å². The Hall–Kier alpha value is -0.490. The first-order valence-electron chi connectivity index (χ1n) is 10.4. The van der Waals surface area contributed by atoms with Crippen molar-refractivity contribution in [3.05, 3.63) is 0 Å². The normalized spacial score (nSPS) is 56.4. The van der Waals surface area contributed by atoms with Gasteiger partial charge in [-0.1, -0.05) is 13.8 Å². The van der Waals surface area contributed by atoms with E-state index >= 15 is 0 Å². The molecule has 0 saturated heterocycles. The number of aliphatic hydroxyl groups is 4. The minimum atomic E-state index is -1.52. The lowest BCUT2D eigenvalue weighted by atomic mass is 9.43. The van der Waals surface area contributed by atoms with Gasteiger partial charge in [-0.25, -0.2) is 0 Å². The van der Waals surface area contributed by atoms with Crippen molar-refractivity contribution in [2.45, 2.75) is 83.0 Å². The molecular formula is C21H34O5. The second kappa shape index (κ2) is 6.00. The highest BCUT2D eigenvalue weighted by Gasteiger charge is 2.68. The predicted octanol–water partition coefficient (Wildman–Crippen LogP) is 1.65. The molecule has 4 fully saturated rings. The number of carbonyl (C=O) groups excluding carboxylic acids is 1.